The number of piperidine rings is 1. The zero-order valence-electron chi connectivity index (χ0n) is 15.0. The highest BCUT2D eigenvalue weighted by Crippen LogP contribution is 2.24. The molecule has 1 aliphatic rings. The van der Waals surface area contributed by atoms with Crippen LogP contribution in [0.1, 0.15) is 41.6 Å². The summed E-state index contributed by atoms with van der Waals surface area (Å²) in [6, 6.07) is 13.1. The Bertz CT molecular complexity index is 910. The van der Waals surface area contributed by atoms with Crippen LogP contribution < -0.4 is 5.14 Å². The van der Waals surface area contributed by atoms with E-state index in [1.54, 1.807) is 12.1 Å². The maximum absolute atomic E-state index is 12.9. The summed E-state index contributed by atoms with van der Waals surface area (Å²) >= 11 is 0. The number of carbonyl (C=O) groups is 1. The Hall–Kier alpha value is -2.38. The van der Waals surface area contributed by atoms with Crippen molar-refractivity contribution in [3.63, 3.8) is 0 Å². The topological polar surface area (TPSA) is 101 Å². The molecule has 0 aliphatic carbocycles. The third-order valence-electron chi connectivity index (χ3n) is 4.99. The molecular formula is C20H24N2O4S. The molecule has 2 aromatic carbocycles. The normalized spacial score (nSPS) is 17.7. The first-order chi connectivity index (χ1) is 12.8. The molecule has 0 aromatic heterocycles. The van der Waals surface area contributed by atoms with Gasteiger partial charge >= 0.3 is 0 Å². The minimum absolute atomic E-state index is 0.00173. The van der Waals surface area contributed by atoms with Gasteiger partial charge in [0.25, 0.3) is 5.91 Å². The van der Waals surface area contributed by atoms with E-state index in [0.717, 1.165) is 37.7 Å². The van der Waals surface area contributed by atoms with E-state index in [1.165, 1.54) is 24.3 Å². The molecule has 3 N–H and O–H groups in total. The minimum atomic E-state index is -3.77. The Morgan fingerprint density at radius 1 is 1.15 bits per heavy atom. The van der Waals surface area contributed by atoms with Crippen molar-refractivity contribution in [1.82, 2.24) is 4.90 Å². The van der Waals surface area contributed by atoms with Gasteiger partial charge in [-0.1, -0.05) is 12.1 Å². The summed E-state index contributed by atoms with van der Waals surface area (Å²) in [5.41, 5.74) is 1.51. The number of phenols is 1. The van der Waals surface area contributed by atoms with E-state index in [-0.39, 0.29) is 22.6 Å². The van der Waals surface area contributed by atoms with Gasteiger partial charge in [-0.15, -0.1) is 0 Å². The van der Waals surface area contributed by atoms with E-state index in [9.17, 15) is 18.3 Å². The van der Waals surface area contributed by atoms with Crippen LogP contribution in [0.3, 0.4) is 0 Å². The number of nitrogens with two attached hydrogens (primary N) is 1. The predicted molar refractivity (Wildman–Crippen MR) is 103 cm³/mol. The van der Waals surface area contributed by atoms with Crippen molar-refractivity contribution in [1.29, 1.82) is 0 Å². The number of aromatic hydroxyl groups is 1. The number of aryl methyl sites for hydroxylation is 1. The molecule has 1 aliphatic heterocycles. The van der Waals surface area contributed by atoms with Crippen molar-refractivity contribution >= 4 is 15.9 Å². The first kappa shape index (κ1) is 19.4. The Labute approximate surface area is 159 Å². The maximum atomic E-state index is 12.9. The van der Waals surface area contributed by atoms with Crippen molar-refractivity contribution < 1.29 is 18.3 Å². The molecule has 1 heterocycles. The summed E-state index contributed by atoms with van der Waals surface area (Å²) in [5, 5.41) is 14.7. The van der Waals surface area contributed by atoms with E-state index >= 15 is 0 Å². The predicted octanol–water partition coefficient (Wildman–Crippen LogP) is 2.67. The minimum Gasteiger partial charge on any atom is -0.508 e. The first-order valence-corrected chi connectivity index (χ1v) is 10.6. The number of phenolic OH excluding ortho intramolecular Hbond substituents is 1. The fourth-order valence-corrected chi connectivity index (χ4v) is 4.08. The number of benzene rings is 2. The van der Waals surface area contributed by atoms with Gasteiger partial charge in [0.15, 0.2) is 0 Å². The third-order valence-corrected chi connectivity index (χ3v) is 5.92. The largest absolute Gasteiger partial charge is 0.508 e. The summed E-state index contributed by atoms with van der Waals surface area (Å²) in [6.45, 7) is 0.695. The number of sulfonamides is 1. The molecule has 7 heteroatoms. The average molecular weight is 388 g/mol. The second kappa shape index (κ2) is 8.10. The number of hydrogen-bond acceptors (Lipinski definition) is 4. The van der Waals surface area contributed by atoms with Crippen LogP contribution in [0.15, 0.2) is 53.4 Å². The SMILES string of the molecule is NS(=O)(=O)c1ccc(C(=O)N2CCCCC2CCc2cccc(O)c2)cc1. The quantitative estimate of drug-likeness (QED) is 0.822. The molecular weight excluding hydrogens is 364 g/mol. The lowest BCUT2D eigenvalue weighted by atomic mass is 9.95. The summed E-state index contributed by atoms with van der Waals surface area (Å²) in [7, 11) is -3.77. The number of amides is 1. The van der Waals surface area contributed by atoms with Gasteiger partial charge in [0.1, 0.15) is 5.75 Å². The third kappa shape index (κ3) is 4.87. The van der Waals surface area contributed by atoms with Crippen LogP contribution in [0.2, 0.25) is 0 Å². The van der Waals surface area contributed by atoms with Gasteiger partial charge < -0.3 is 10.0 Å². The van der Waals surface area contributed by atoms with Gasteiger partial charge in [0.05, 0.1) is 4.90 Å². The van der Waals surface area contributed by atoms with Crippen LogP contribution in [-0.2, 0) is 16.4 Å². The summed E-state index contributed by atoms with van der Waals surface area (Å²) in [4.78, 5) is 14.8. The number of hydrogen-bond donors (Lipinski definition) is 2. The molecule has 27 heavy (non-hydrogen) atoms. The number of rotatable bonds is 5. The fraction of sp³-hybridized carbons (Fsp3) is 0.350. The molecule has 0 spiro atoms. The molecule has 1 saturated heterocycles. The van der Waals surface area contributed by atoms with Gasteiger partial charge in [-0.25, -0.2) is 13.6 Å². The molecule has 1 amide bonds. The lowest BCUT2D eigenvalue weighted by Gasteiger charge is -2.36. The van der Waals surface area contributed by atoms with Crippen LogP contribution in [0.25, 0.3) is 0 Å². The average Bonchev–Trinajstić information content (AvgIpc) is 2.65. The van der Waals surface area contributed by atoms with Crippen LogP contribution in [-0.4, -0.2) is 36.9 Å². The van der Waals surface area contributed by atoms with Crippen molar-refractivity contribution in [2.75, 3.05) is 6.54 Å². The highest BCUT2D eigenvalue weighted by molar-refractivity contribution is 7.89. The monoisotopic (exact) mass is 388 g/mol. The molecule has 1 fully saturated rings. The van der Waals surface area contributed by atoms with Crippen molar-refractivity contribution in [3.8, 4) is 5.75 Å². The van der Waals surface area contributed by atoms with E-state index < -0.39 is 10.0 Å². The van der Waals surface area contributed by atoms with Gasteiger partial charge in [-0.05, 0) is 74.1 Å². The summed E-state index contributed by atoms with van der Waals surface area (Å²) < 4.78 is 22.8. The molecule has 6 nitrogen and oxygen atoms in total. The van der Waals surface area contributed by atoms with Gasteiger partial charge in [0.2, 0.25) is 10.0 Å². The number of primary sulfonamides is 1. The Balaban J connectivity index is 1.71. The van der Waals surface area contributed by atoms with Gasteiger partial charge in [0, 0.05) is 18.2 Å². The Kier molecular flexibility index (Phi) is 5.82. The molecule has 0 bridgehead atoms. The van der Waals surface area contributed by atoms with Gasteiger partial charge in [-0.3, -0.25) is 4.79 Å². The summed E-state index contributed by atoms with van der Waals surface area (Å²) in [5.74, 6) is 0.163. The fourth-order valence-electron chi connectivity index (χ4n) is 3.57. The van der Waals surface area contributed by atoms with Crippen LogP contribution in [0, 0.1) is 0 Å². The number of likely N-dealkylation sites (tertiary alicyclic amines) is 1. The maximum Gasteiger partial charge on any atom is 0.254 e. The number of carbonyl (C=O) groups excluding carboxylic acids is 1. The van der Waals surface area contributed by atoms with Crippen molar-refractivity contribution in [2.24, 2.45) is 5.14 Å². The molecule has 1 unspecified atom stereocenters. The van der Waals surface area contributed by atoms with Crippen LogP contribution in [0.5, 0.6) is 5.75 Å². The van der Waals surface area contributed by atoms with Crippen LogP contribution in [0.4, 0.5) is 0 Å². The lowest BCUT2D eigenvalue weighted by molar-refractivity contribution is 0.0602. The van der Waals surface area contributed by atoms with E-state index in [4.69, 9.17) is 5.14 Å². The van der Waals surface area contributed by atoms with Crippen molar-refractivity contribution in [2.45, 2.75) is 43.0 Å². The molecule has 0 radical (unpaired) electrons. The molecule has 3 rings (SSSR count). The van der Waals surface area contributed by atoms with Gasteiger partial charge in [-0.2, -0.15) is 0 Å². The standard InChI is InChI=1S/C20H24N2O4S/c21-27(25,26)19-11-8-16(9-12-19)20(24)22-13-2-1-5-17(22)10-7-15-4-3-6-18(23)14-15/h3-4,6,8-9,11-12,14,17,23H,1-2,5,7,10,13H2,(H2,21,25,26). The smallest absolute Gasteiger partial charge is 0.254 e. The van der Waals surface area contributed by atoms with Crippen molar-refractivity contribution in [3.05, 3.63) is 59.7 Å². The summed E-state index contributed by atoms with van der Waals surface area (Å²) in [6.07, 6.45) is 4.60. The van der Waals surface area contributed by atoms with E-state index in [1.807, 2.05) is 17.0 Å². The highest BCUT2D eigenvalue weighted by Gasteiger charge is 2.27. The molecule has 0 saturated carbocycles. The zero-order valence-corrected chi connectivity index (χ0v) is 15.9. The van der Waals surface area contributed by atoms with E-state index in [2.05, 4.69) is 0 Å². The molecule has 1 atom stereocenters. The first-order valence-electron chi connectivity index (χ1n) is 9.06. The second-order valence-electron chi connectivity index (χ2n) is 6.93. The zero-order chi connectivity index (χ0) is 19.4. The molecule has 144 valence electrons. The van der Waals surface area contributed by atoms with Crippen LogP contribution >= 0.6 is 0 Å². The van der Waals surface area contributed by atoms with E-state index in [0.29, 0.717) is 12.1 Å². The number of nitrogens with zero attached hydrogens (tertiary/aromatic N) is 1. The lowest BCUT2D eigenvalue weighted by Crippen LogP contribution is -2.44. The Morgan fingerprint density at radius 3 is 2.56 bits per heavy atom. The second-order valence-corrected chi connectivity index (χ2v) is 8.49. The molecule has 2 aromatic rings. The highest BCUT2D eigenvalue weighted by atomic mass is 32.2. The Morgan fingerprint density at radius 2 is 1.89 bits per heavy atom.